The third kappa shape index (κ3) is 4.45. The Balaban J connectivity index is 4.91. The van der Waals surface area contributed by atoms with Gasteiger partial charge in [0, 0.05) is 13.6 Å². The smallest absolute Gasteiger partial charge is 0.292 e. The van der Waals surface area contributed by atoms with Gasteiger partial charge in [0.05, 0.1) is 13.2 Å². The van der Waals surface area contributed by atoms with E-state index in [2.05, 4.69) is 4.99 Å². The highest BCUT2D eigenvalue weighted by atomic mass is 32.2. The zero-order valence-corrected chi connectivity index (χ0v) is 12.3. The highest BCUT2D eigenvalue weighted by Crippen LogP contribution is 2.51. The molecule has 0 fully saturated rings. The van der Waals surface area contributed by atoms with Crippen LogP contribution in [0.4, 0.5) is 0 Å². The summed E-state index contributed by atoms with van der Waals surface area (Å²) in [5.41, 5.74) is 0. The summed E-state index contributed by atoms with van der Waals surface area (Å²) in [6.45, 7) is 6.82. The predicted octanol–water partition coefficient (Wildman–Crippen LogP) is 2.84. The zero-order chi connectivity index (χ0) is 12.6. The summed E-state index contributed by atoms with van der Waals surface area (Å²) in [5, 5.41) is 0.660. The van der Waals surface area contributed by atoms with E-state index in [4.69, 9.17) is 9.05 Å². The van der Waals surface area contributed by atoms with Crippen molar-refractivity contribution in [3.8, 4) is 0 Å². The van der Waals surface area contributed by atoms with Crippen molar-refractivity contribution in [3.05, 3.63) is 0 Å². The average molecular weight is 268 g/mol. The van der Waals surface area contributed by atoms with Crippen molar-refractivity contribution in [3.63, 3.8) is 0 Å². The van der Waals surface area contributed by atoms with Crippen molar-refractivity contribution in [1.29, 1.82) is 0 Å². The SMILES string of the molecule is CCN=C(SC)N(C)P(=O)(OCC)OCC. The van der Waals surface area contributed by atoms with Gasteiger partial charge in [-0.3, -0.25) is 18.7 Å². The molecule has 16 heavy (non-hydrogen) atoms. The number of rotatable bonds is 6. The summed E-state index contributed by atoms with van der Waals surface area (Å²) in [6, 6.07) is 0. The Morgan fingerprint density at radius 2 is 1.81 bits per heavy atom. The van der Waals surface area contributed by atoms with E-state index < -0.39 is 7.75 Å². The molecule has 0 atom stereocenters. The molecule has 0 unspecified atom stereocenters. The molecule has 0 heterocycles. The van der Waals surface area contributed by atoms with Gasteiger partial charge in [0.2, 0.25) is 0 Å². The summed E-state index contributed by atoms with van der Waals surface area (Å²) in [7, 11) is -1.55. The lowest BCUT2D eigenvalue weighted by Crippen LogP contribution is -2.24. The molecule has 0 N–H and O–H groups in total. The summed E-state index contributed by atoms with van der Waals surface area (Å²) < 4.78 is 24.3. The molecular weight excluding hydrogens is 247 g/mol. The van der Waals surface area contributed by atoms with Crippen LogP contribution in [0.25, 0.3) is 0 Å². The monoisotopic (exact) mass is 268 g/mol. The van der Waals surface area contributed by atoms with Crippen molar-refractivity contribution < 1.29 is 13.6 Å². The van der Waals surface area contributed by atoms with Crippen molar-refractivity contribution in [1.82, 2.24) is 4.67 Å². The van der Waals surface area contributed by atoms with Gasteiger partial charge in [-0.1, -0.05) is 11.8 Å². The number of hydrogen-bond donors (Lipinski definition) is 0. The minimum atomic E-state index is -3.23. The van der Waals surface area contributed by atoms with Gasteiger partial charge in [-0.25, -0.2) is 4.57 Å². The van der Waals surface area contributed by atoms with Crippen molar-refractivity contribution in [2.45, 2.75) is 20.8 Å². The maximum atomic E-state index is 12.4. The minimum Gasteiger partial charge on any atom is -0.292 e. The molecule has 0 aromatic rings. The fourth-order valence-corrected chi connectivity index (χ4v) is 3.49. The van der Waals surface area contributed by atoms with Gasteiger partial charge in [0.1, 0.15) is 0 Å². The molecule has 0 aliphatic carbocycles. The molecule has 0 amide bonds. The first-order valence-corrected chi connectivity index (χ1v) is 7.99. The number of thioether (sulfide) groups is 1. The highest BCUT2D eigenvalue weighted by Gasteiger charge is 2.32. The van der Waals surface area contributed by atoms with E-state index in [0.29, 0.717) is 24.9 Å². The molecule has 5 nitrogen and oxygen atoms in total. The first kappa shape index (κ1) is 16.0. The van der Waals surface area contributed by atoms with Crippen LogP contribution in [0.3, 0.4) is 0 Å². The molecule has 0 bridgehead atoms. The van der Waals surface area contributed by atoms with Crippen LogP contribution in [0, 0.1) is 0 Å². The van der Waals surface area contributed by atoms with Gasteiger partial charge < -0.3 is 0 Å². The molecule has 96 valence electrons. The Morgan fingerprint density at radius 1 is 1.31 bits per heavy atom. The molecule has 0 rings (SSSR count). The van der Waals surface area contributed by atoms with Crippen LogP contribution < -0.4 is 0 Å². The third-order valence-corrected chi connectivity index (χ3v) is 4.70. The molecule has 0 spiro atoms. The lowest BCUT2D eigenvalue weighted by atomic mass is 10.8. The Bertz CT molecular complexity index is 263. The average Bonchev–Trinajstić information content (AvgIpc) is 2.25. The first-order valence-electron chi connectivity index (χ1n) is 5.27. The Labute approximate surface area is 102 Å². The van der Waals surface area contributed by atoms with E-state index in [1.807, 2.05) is 13.2 Å². The van der Waals surface area contributed by atoms with Crippen LogP contribution in [0.15, 0.2) is 4.99 Å². The van der Waals surface area contributed by atoms with Crippen LogP contribution in [0.5, 0.6) is 0 Å². The fraction of sp³-hybridized carbons (Fsp3) is 0.889. The van der Waals surface area contributed by atoms with Crippen LogP contribution in [0.1, 0.15) is 20.8 Å². The van der Waals surface area contributed by atoms with Crippen molar-refractivity contribution in [2.24, 2.45) is 4.99 Å². The van der Waals surface area contributed by atoms with E-state index in [1.54, 1.807) is 20.9 Å². The normalized spacial score (nSPS) is 12.9. The fourth-order valence-electron chi connectivity index (χ4n) is 1.08. The summed E-state index contributed by atoms with van der Waals surface area (Å²) in [5.74, 6) is 0. The van der Waals surface area contributed by atoms with Crippen LogP contribution in [-0.2, 0) is 13.6 Å². The highest BCUT2D eigenvalue weighted by molar-refractivity contribution is 8.13. The molecule has 0 saturated heterocycles. The van der Waals surface area contributed by atoms with Gasteiger partial charge >= 0.3 is 7.75 Å². The molecule has 7 heteroatoms. The second kappa shape index (κ2) is 8.12. The van der Waals surface area contributed by atoms with E-state index in [0.717, 1.165) is 0 Å². The topological polar surface area (TPSA) is 51.1 Å². The minimum absolute atomic E-state index is 0.343. The molecule has 0 aromatic heterocycles. The molecular formula is C9H21N2O3PS. The number of hydrogen-bond acceptors (Lipinski definition) is 5. The molecule has 0 radical (unpaired) electrons. The van der Waals surface area contributed by atoms with Gasteiger partial charge in [-0.15, -0.1) is 0 Å². The van der Waals surface area contributed by atoms with Gasteiger partial charge in [0.15, 0.2) is 5.17 Å². The molecule has 0 saturated carbocycles. The van der Waals surface area contributed by atoms with Gasteiger partial charge in [-0.2, -0.15) is 0 Å². The largest absolute Gasteiger partial charge is 0.436 e. The van der Waals surface area contributed by atoms with Gasteiger partial charge in [0.25, 0.3) is 0 Å². The Hall–Kier alpha value is -0.0300. The summed E-state index contributed by atoms with van der Waals surface area (Å²) >= 11 is 1.42. The van der Waals surface area contributed by atoms with E-state index in [9.17, 15) is 4.57 Å². The molecule has 0 aromatic carbocycles. The van der Waals surface area contributed by atoms with E-state index >= 15 is 0 Å². The third-order valence-electron chi connectivity index (χ3n) is 1.70. The van der Waals surface area contributed by atoms with E-state index in [-0.39, 0.29) is 0 Å². The lowest BCUT2D eigenvalue weighted by molar-refractivity contribution is 0.195. The molecule has 0 aliphatic heterocycles. The number of aliphatic imine (C=N–C) groups is 1. The Morgan fingerprint density at radius 3 is 2.12 bits per heavy atom. The second-order valence-electron chi connectivity index (χ2n) is 2.79. The van der Waals surface area contributed by atoms with Crippen LogP contribution >= 0.6 is 19.5 Å². The van der Waals surface area contributed by atoms with Crippen molar-refractivity contribution >= 4 is 24.7 Å². The lowest BCUT2D eigenvalue weighted by Gasteiger charge is -2.27. The Kier molecular flexibility index (Phi) is 8.10. The standard InChI is InChI=1S/C9H21N2O3PS/c1-6-10-9(16-5)11(4)15(12,13-7-2)14-8-3/h6-8H2,1-5H3. The summed E-state index contributed by atoms with van der Waals surface area (Å²) in [6.07, 6.45) is 1.88. The summed E-state index contributed by atoms with van der Waals surface area (Å²) in [4.78, 5) is 4.25. The maximum absolute atomic E-state index is 12.4. The maximum Gasteiger partial charge on any atom is 0.436 e. The van der Waals surface area contributed by atoms with Crippen LogP contribution in [-0.4, -0.2) is 42.9 Å². The zero-order valence-electron chi connectivity index (χ0n) is 10.6. The van der Waals surface area contributed by atoms with E-state index in [1.165, 1.54) is 16.4 Å². The second-order valence-corrected chi connectivity index (χ2v) is 5.62. The quantitative estimate of drug-likeness (QED) is 0.421. The number of nitrogens with zero attached hydrogens (tertiary/aromatic N) is 2. The molecule has 0 aliphatic rings. The van der Waals surface area contributed by atoms with Crippen molar-refractivity contribution in [2.75, 3.05) is 33.1 Å². The van der Waals surface area contributed by atoms with Crippen LogP contribution in [0.2, 0.25) is 0 Å². The number of amidine groups is 1. The predicted molar refractivity (Wildman–Crippen MR) is 70.1 cm³/mol. The van der Waals surface area contributed by atoms with Gasteiger partial charge in [-0.05, 0) is 27.0 Å². The first-order chi connectivity index (χ1) is 7.55.